The van der Waals surface area contributed by atoms with Gasteiger partial charge in [-0.05, 0) is 30.4 Å². The van der Waals surface area contributed by atoms with Crippen LogP contribution in [0.15, 0.2) is 21.3 Å². The second-order valence-electron chi connectivity index (χ2n) is 7.96. The maximum atomic E-state index is 12.9. The van der Waals surface area contributed by atoms with Gasteiger partial charge in [0.25, 0.3) is 11.4 Å². The molecular formula is C19H22F5N5O3. The monoisotopic (exact) mass is 463 g/mol. The van der Waals surface area contributed by atoms with Gasteiger partial charge in [0.1, 0.15) is 17.3 Å². The Morgan fingerprint density at radius 1 is 1.31 bits per heavy atom. The molecule has 2 aromatic rings. The zero-order chi connectivity index (χ0) is 23.6. The van der Waals surface area contributed by atoms with Crippen molar-refractivity contribution >= 4 is 11.9 Å². The van der Waals surface area contributed by atoms with Gasteiger partial charge in [0, 0.05) is 19.5 Å². The average Bonchev–Trinajstić information content (AvgIpc) is 3.33. The fraction of sp³-hybridized carbons (Fsp3) is 0.579. The number of alkyl halides is 5. The highest BCUT2D eigenvalue weighted by Crippen LogP contribution is 2.28. The van der Waals surface area contributed by atoms with Crippen LogP contribution in [0.2, 0.25) is 0 Å². The van der Waals surface area contributed by atoms with E-state index in [1.54, 1.807) is 18.8 Å². The molecule has 8 nitrogen and oxygen atoms in total. The fourth-order valence-electron chi connectivity index (χ4n) is 3.52. The molecule has 32 heavy (non-hydrogen) atoms. The van der Waals surface area contributed by atoms with Crippen molar-refractivity contribution in [2.75, 3.05) is 18.4 Å². The number of hydrogen-bond donors (Lipinski definition) is 2. The van der Waals surface area contributed by atoms with Crippen LogP contribution in [0.1, 0.15) is 32.4 Å². The number of amides is 1. The number of aromatic nitrogens is 3. The Labute approximate surface area is 179 Å². The third-order valence-electron chi connectivity index (χ3n) is 5.19. The molecule has 0 aliphatic carbocycles. The normalized spacial score (nSPS) is 17.9. The number of hydrogen-bond acceptors (Lipinski definition) is 6. The van der Waals surface area contributed by atoms with Gasteiger partial charge in [0.2, 0.25) is 12.3 Å². The lowest BCUT2D eigenvalue weighted by Crippen LogP contribution is -2.44. The van der Waals surface area contributed by atoms with Crippen LogP contribution in [0.4, 0.5) is 28.0 Å². The number of aromatic amines is 1. The molecule has 13 heteroatoms. The summed E-state index contributed by atoms with van der Waals surface area (Å²) in [6.45, 7) is 4.11. The molecule has 0 spiro atoms. The molecular weight excluding hydrogens is 441 g/mol. The van der Waals surface area contributed by atoms with Crippen molar-refractivity contribution in [2.24, 2.45) is 11.8 Å². The minimum atomic E-state index is -4.71. The van der Waals surface area contributed by atoms with Crippen molar-refractivity contribution in [1.82, 2.24) is 20.1 Å². The standard InChI is InChI=1S/C19H22F5N5O3/c1-9(2)14(17(31)29-6-5-10(8-29)7-13(20)21)26-18-28-27-16(32-18)11-3-4-12(19(22,23)24)25-15(11)30/h3-4,9-10,13-14H,5-8H2,1-2H3,(H,25,30)(H,26,28). The Morgan fingerprint density at radius 2 is 2.03 bits per heavy atom. The molecule has 3 heterocycles. The summed E-state index contributed by atoms with van der Waals surface area (Å²) in [5, 5.41) is 10.2. The summed E-state index contributed by atoms with van der Waals surface area (Å²) in [6, 6.07) is 0.587. The number of carbonyl (C=O) groups excluding carboxylic acids is 1. The molecule has 2 atom stereocenters. The fourth-order valence-corrected chi connectivity index (χ4v) is 3.52. The molecule has 2 aromatic heterocycles. The first kappa shape index (κ1) is 23.7. The molecule has 2 N–H and O–H groups in total. The van der Waals surface area contributed by atoms with E-state index in [-0.39, 0.29) is 48.2 Å². The molecule has 1 amide bonds. The number of halogens is 5. The molecule has 2 unspecified atom stereocenters. The van der Waals surface area contributed by atoms with E-state index in [1.807, 2.05) is 0 Å². The first-order valence-corrected chi connectivity index (χ1v) is 9.93. The van der Waals surface area contributed by atoms with E-state index >= 15 is 0 Å². The Balaban J connectivity index is 1.73. The molecule has 0 radical (unpaired) electrons. The second kappa shape index (κ2) is 9.25. The number of nitrogens with zero attached hydrogens (tertiary/aromatic N) is 3. The summed E-state index contributed by atoms with van der Waals surface area (Å²) < 4.78 is 68.7. The van der Waals surface area contributed by atoms with Crippen LogP contribution in [0.5, 0.6) is 0 Å². The smallest absolute Gasteiger partial charge is 0.403 e. The summed E-state index contributed by atoms with van der Waals surface area (Å²) in [7, 11) is 0. The number of likely N-dealkylation sites (tertiary alicyclic amines) is 1. The average molecular weight is 463 g/mol. The van der Waals surface area contributed by atoms with Crippen LogP contribution >= 0.6 is 0 Å². The van der Waals surface area contributed by atoms with Crippen molar-refractivity contribution in [3.8, 4) is 11.5 Å². The summed E-state index contributed by atoms with van der Waals surface area (Å²) in [5.74, 6) is -1.14. The van der Waals surface area contributed by atoms with Gasteiger partial charge >= 0.3 is 12.2 Å². The topological polar surface area (TPSA) is 104 Å². The van der Waals surface area contributed by atoms with Crippen LogP contribution in [0.25, 0.3) is 11.5 Å². The van der Waals surface area contributed by atoms with Gasteiger partial charge in [-0.25, -0.2) is 8.78 Å². The number of pyridine rings is 1. The molecule has 1 fully saturated rings. The van der Waals surface area contributed by atoms with Crippen LogP contribution in [0, 0.1) is 11.8 Å². The van der Waals surface area contributed by atoms with Crippen LogP contribution in [-0.4, -0.2) is 51.5 Å². The Kier molecular flexibility index (Phi) is 6.84. The lowest BCUT2D eigenvalue weighted by Gasteiger charge is -2.26. The number of anilines is 1. The maximum Gasteiger partial charge on any atom is 0.431 e. The predicted octanol–water partition coefficient (Wildman–Crippen LogP) is 3.38. The van der Waals surface area contributed by atoms with Crippen LogP contribution in [0.3, 0.4) is 0 Å². The lowest BCUT2D eigenvalue weighted by atomic mass is 10.0. The van der Waals surface area contributed by atoms with Gasteiger partial charge in [-0.1, -0.05) is 18.9 Å². The predicted molar refractivity (Wildman–Crippen MR) is 103 cm³/mol. The molecule has 1 aliphatic heterocycles. The molecule has 0 bridgehead atoms. The van der Waals surface area contributed by atoms with E-state index in [2.05, 4.69) is 15.5 Å². The van der Waals surface area contributed by atoms with E-state index < -0.39 is 29.9 Å². The highest BCUT2D eigenvalue weighted by atomic mass is 19.4. The number of carbonyl (C=O) groups is 1. The van der Waals surface area contributed by atoms with E-state index in [4.69, 9.17) is 4.42 Å². The van der Waals surface area contributed by atoms with Gasteiger partial charge in [-0.15, -0.1) is 5.10 Å². The number of rotatable bonds is 7. The van der Waals surface area contributed by atoms with Gasteiger partial charge in [-0.3, -0.25) is 9.59 Å². The SMILES string of the molecule is CC(C)C(Nc1nnc(-c2ccc(C(F)(F)F)[nH]c2=O)o1)C(=O)N1CCC(CC(F)F)C1. The van der Waals surface area contributed by atoms with E-state index in [0.29, 0.717) is 19.0 Å². The van der Waals surface area contributed by atoms with Crippen molar-refractivity contribution < 1.29 is 31.2 Å². The lowest BCUT2D eigenvalue weighted by molar-refractivity contribution is -0.141. The summed E-state index contributed by atoms with van der Waals surface area (Å²) in [5.41, 5.74) is -2.54. The minimum Gasteiger partial charge on any atom is -0.403 e. The zero-order valence-electron chi connectivity index (χ0n) is 17.2. The zero-order valence-corrected chi connectivity index (χ0v) is 17.2. The van der Waals surface area contributed by atoms with Crippen molar-refractivity contribution in [3.63, 3.8) is 0 Å². The Morgan fingerprint density at radius 3 is 2.62 bits per heavy atom. The summed E-state index contributed by atoms with van der Waals surface area (Å²) in [4.78, 5) is 28.1. The molecule has 1 aliphatic rings. The maximum absolute atomic E-state index is 12.9. The third kappa shape index (κ3) is 5.43. The van der Waals surface area contributed by atoms with Gasteiger partial charge < -0.3 is 19.6 Å². The molecule has 3 rings (SSSR count). The second-order valence-corrected chi connectivity index (χ2v) is 7.96. The van der Waals surface area contributed by atoms with Crippen LogP contribution < -0.4 is 10.9 Å². The van der Waals surface area contributed by atoms with Gasteiger partial charge in [0.05, 0.1) is 0 Å². The summed E-state index contributed by atoms with van der Waals surface area (Å²) >= 11 is 0. The summed E-state index contributed by atoms with van der Waals surface area (Å²) in [6.07, 6.45) is -6.92. The molecule has 0 aromatic carbocycles. The van der Waals surface area contributed by atoms with Gasteiger partial charge in [-0.2, -0.15) is 13.2 Å². The Hall–Kier alpha value is -2.99. The highest BCUT2D eigenvalue weighted by Gasteiger charge is 2.35. The first-order chi connectivity index (χ1) is 15.0. The Bertz CT molecular complexity index is 1000. The first-order valence-electron chi connectivity index (χ1n) is 9.93. The third-order valence-corrected chi connectivity index (χ3v) is 5.19. The quantitative estimate of drug-likeness (QED) is 0.610. The number of nitrogens with one attached hydrogen (secondary N) is 2. The molecule has 0 saturated carbocycles. The van der Waals surface area contributed by atoms with Crippen LogP contribution in [-0.2, 0) is 11.0 Å². The van der Waals surface area contributed by atoms with Gasteiger partial charge in [0.15, 0.2) is 0 Å². The number of H-pyrrole nitrogens is 1. The van der Waals surface area contributed by atoms with Crippen molar-refractivity contribution in [1.29, 1.82) is 0 Å². The molecule has 1 saturated heterocycles. The largest absolute Gasteiger partial charge is 0.431 e. The van der Waals surface area contributed by atoms with E-state index in [0.717, 1.165) is 6.07 Å². The molecule has 176 valence electrons. The minimum absolute atomic E-state index is 0.199. The van der Waals surface area contributed by atoms with E-state index in [1.165, 1.54) is 4.90 Å². The van der Waals surface area contributed by atoms with E-state index in [9.17, 15) is 31.5 Å². The van der Waals surface area contributed by atoms with Crippen molar-refractivity contribution in [3.05, 3.63) is 28.2 Å². The van der Waals surface area contributed by atoms with Crippen molar-refractivity contribution in [2.45, 2.75) is 45.3 Å². The highest BCUT2D eigenvalue weighted by molar-refractivity contribution is 5.84.